The van der Waals surface area contributed by atoms with Gasteiger partial charge >= 0.3 is 0 Å². The van der Waals surface area contributed by atoms with E-state index in [1.807, 2.05) is 0 Å². The zero-order valence-corrected chi connectivity index (χ0v) is 11.2. The Bertz CT molecular complexity index is 621. The first kappa shape index (κ1) is 13.7. The lowest BCUT2D eigenvalue weighted by Gasteiger charge is -2.08. The highest BCUT2D eigenvalue weighted by molar-refractivity contribution is 5.80. The molecule has 1 aliphatic rings. The highest BCUT2D eigenvalue weighted by atomic mass is 19.1. The highest BCUT2D eigenvalue weighted by Gasteiger charge is 2.23. The number of amides is 1. The van der Waals surface area contributed by atoms with Crippen LogP contribution in [-0.2, 0) is 16.1 Å². The van der Waals surface area contributed by atoms with E-state index in [-0.39, 0.29) is 30.3 Å². The summed E-state index contributed by atoms with van der Waals surface area (Å²) in [6, 6.07) is 5.74. The maximum Gasteiger partial charge on any atom is 0.257 e. The summed E-state index contributed by atoms with van der Waals surface area (Å²) >= 11 is 0. The van der Waals surface area contributed by atoms with E-state index in [2.05, 4.69) is 15.5 Å². The summed E-state index contributed by atoms with van der Waals surface area (Å²) in [6.45, 7) is 0.790. The van der Waals surface area contributed by atoms with Crippen LogP contribution in [0.15, 0.2) is 28.8 Å². The fourth-order valence-corrected chi connectivity index (χ4v) is 2.10. The second-order valence-electron chi connectivity index (χ2n) is 4.74. The van der Waals surface area contributed by atoms with Gasteiger partial charge < -0.3 is 14.6 Å². The lowest BCUT2D eigenvalue weighted by atomic mass is 10.2. The summed E-state index contributed by atoms with van der Waals surface area (Å²) in [5.74, 6) is 0.153. The first-order valence-electron chi connectivity index (χ1n) is 6.70. The van der Waals surface area contributed by atoms with Crippen LogP contribution in [0.25, 0.3) is 11.5 Å². The molecular weight excluding hydrogens is 277 g/mol. The molecule has 6 nitrogen and oxygen atoms in total. The summed E-state index contributed by atoms with van der Waals surface area (Å²) in [7, 11) is 0. The van der Waals surface area contributed by atoms with E-state index in [9.17, 15) is 9.18 Å². The minimum atomic E-state index is -0.381. The van der Waals surface area contributed by atoms with Gasteiger partial charge in [0.2, 0.25) is 5.91 Å². The van der Waals surface area contributed by atoms with Gasteiger partial charge in [0.25, 0.3) is 5.89 Å². The number of carbonyl (C=O) groups is 1. The van der Waals surface area contributed by atoms with Crippen molar-refractivity contribution >= 4 is 5.91 Å². The molecule has 21 heavy (non-hydrogen) atoms. The summed E-state index contributed by atoms with van der Waals surface area (Å²) < 4.78 is 23.2. The summed E-state index contributed by atoms with van der Waals surface area (Å²) in [5.41, 5.74) is 0.626. The van der Waals surface area contributed by atoms with E-state index in [0.717, 1.165) is 12.8 Å². The quantitative estimate of drug-likeness (QED) is 0.927. The number of hydrogen-bond acceptors (Lipinski definition) is 5. The zero-order chi connectivity index (χ0) is 14.7. The predicted octanol–water partition coefficient (Wildman–Crippen LogP) is 1.67. The average molecular weight is 291 g/mol. The molecule has 7 heteroatoms. The maximum absolute atomic E-state index is 12.8. The zero-order valence-electron chi connectivity index (χ0n) is 11.2. The number of aromatic nitrogens is 2. The lowest BCUT2D eigenvalue weighted by molar-refractivity contribution is -0.130. The number of carbonyl (C=O) groups excluding carboxylic acids is 1. The SMILES string of the molecule is O=C(NCc1noc(-c2ccc(F)cc2)n1)C1CCCO1. The smallest absolute Gasteiger partial charge is 0.257 e. The van der Waals surface area contributed by atoms with E-state index in [1.54, 1.807) is 12.1 Å². The van der Waals surface area contributed by atoms with Gasteiger partial charge in [0.15, 0.2) is 5.82 Å². The van der Waals surface area contributed by atoms with Gasteiger partial charge in [-0.05, 0) is 37.1 Å². The Labute approximate surface area is 120 Å². The predicted molar refractivity (Wildman–Crippen MR) is 70.5 cm³/mol. The molecule has 0 radical (unpaired) electrons. The van der Waals surface area contributed by atoms with Gasteiger partial charge in [-0.1, -0.05) is 5.16 Å². The van der Waals surface area contributed by atoms with Crippen LogP contribution in [0.1, 0.15) is 18.7 Å². The Morgan fingerprint density at radius 3 is 2.90 bits per heavy atom. The summed E-state index contributed by atoms with van der Waals surface area (Å²) in [4.78, 5) is 15.9. The van der Waals surface area contributed by atoms with Crippen molar-refractivity contribution in [2.24, 2.45) is 0 Å². The number of ether oxygens (including phenoxy) is 1. The van der Waals surface area contributed by atoms with Crippen LogP contribution in [0.3, 0.4) is 0 Å². The molecule has 1 aromatic heterocycles. The second kappa shape index (κ2) is 6.01. The van der Waals surface area contributed by atoms with Gasteiger partial charge in [0, 0.05) is 12.2 Å². The normalized spacial score (nSPS) is 17.9. The Balaban J connectivity index is 1.60. The minimum absolute atomic E-state index is 0.166. The van der Waals surface area contributed by atoms with E-state index in [1.165, 1.54) is 12.1 Å². The lowest BCUT2D eigenvalue weighted by Crippen LogP contribution is -2.33. The number of nitrogens with one attached hydrogen (secondary N) is 1. The monoisotopic (exact) mass is 291 g/mol. The molecule has 1 fully saturated rings. The average Bonchev–Trinajstić information content (AvgIpc) is 3.17. The van der Waals surface area contributed by atoms with Crippen molar-refractivity contribution in [3.05, 3.63) is 35.9 Å². The largest absolute Gasteiger partial charge is 0.368 e. The number of halogens is 1. The first-order chi connectivity index (χ1) is 10.2. The molecule has 0 saturated carbocycles. The van der Waals surface area contributed by atoms with Crippen LogP contribution in [0.5, 0.6) is 0 Å². The second-order valence-corrected chi connectivity index (χ2v) is 4.74. The third kappa shape index (κ3) is 3.25. The molecule has 1 atom stereocenters. The third-order valence-corrected chi connectivity index (χ3v) is 3.20. The third-order valence-electron chi connectivity index (χ3n) is 3.20. The molecule has 1 aliphatic heterocycles. The van der Waals surface area contributed by atoms with Crippen molar-refractivity contribution < 1.29 is 18.4 Å². The number of hydrogen-bond donors (Lipinski definition) is 1. The Hall–Kier alpha value is -2.28. The standard InChI is InChI=1S/C14H14FN3O3/c15-10-5-3-9(4-6-10)14-17-12(18-21-14)8-16-13(19)11-2-1-7-20-11/h3-6,11H,1-2,7-8H2,(H,16,19). The number of nitrogens with zero attached hydrogens (tertiary/aromatic N) is 2. The van der Waals surface area contributed by atoms with E-state index in [0.29, 0.717) is 18.0 Å². The molecule has 1 N–H and O–H groups in total. The van der Waals surface area contributed by atoms with Crippen LogP contribution in [0.4, 0.5) is 4.39 Å². The van der Waals surface area contributed by atoms with Crippen molar-refractivity contribution in [2.45, 2.75) is 25.5 Å². The number of rotatable bonds is 4. The van der Waals surface area contributed by atoms with Gasteiger partial charge in [-0.3, -0.25) is 4.79 Å². The van der Waals surface area contributed by atoms with Gasteiger partial charge in [-0.2, -0.15) is 4.98 Å². The van der Waals surface area contributed by atoms with Crippen LogP contribution >= 0.6 is 0 Å². The van der Waals surface area contributed by atoms with Gasteiger partial charge in [0.1, 0.15) is 11.9 Å². The van der Waals surface area contributed by atoms with Crippen molar-refractivity contribution in [1.82, 2.24) is 15.5 Å². The molecule has 3 rings (SSSR count). The van der Waals surface area contributed by atoms with Crippen molar-refractivity contribution in [3.63, 3.8) is 0 Å². The molecule has 0 aliphatic carbocycles. The summed E-state index contributed by atoms with van der Waals surface area (Å²) in [6.07, 6.45) is 1.25. The molecule has 110 valence electrons. The van der Waals surface area contributed by atoms with Crippen LogP contribution in [0.2, 0.25) is 0 Å². The molecule has 1 saturated heterocycles. The fraction of sp³-hybridized carbons (Fsp3) is 0.357. The maximum atomic E-state index is 12.8. The van der Waals surface area contributed by atoms with E-state index in [4.69, 9.17) is 9.26 Å². The Kier molecular flexibility index (Phi) is 3.92. The highest BCUT2D eigenvalue weighted by Crippen LogP contribution is 2.17. The van der Waals surface area contributed by atoms with Crippen molar-refractivity contribution in [2.75, 3.05) is 6.61 Å². The molecule has 0 bridgehead atoms. The van der Waals surface area contributed by atoms with Crippen LogP contribution in [-0.4, -0.2) is 28.8 Å². The van der Waals surface area contributed by atoms with Gasteiger partial charge in [-0.25, -0.2) is 4.39 Å². The molecular formula is C14H14FN3O3. The van der Waals surface area contributed by atoms with E-state index < -0.39 is 0 Å². The molecule has 1 aromatic carbocycles. The van der Waals surface area contributed by atoms with Crippen LogP contribution < -0.4 is 5.32 Å². The van der Waals surface area contributed by atoms with Gasteiger partial charge in [0.05, 0.1) is 6.54 Å². The molecule has 2 heterocycles. The fourth-order valence-electron chi connectivity index (χ4n) is 2.10. The topological polar surface area (TPSA) is 77.3 Å². The molecule has 0 spiro atoms. The molecule has 1 amide bonds. The van der Waals surface area contributed by atoms with Gasteiger partial charge in [-0.15, -0.1) is 0 Å². The van der Waals surface area contributed by atoms with Crippen molar-refractivity contribution in [3.8, 4) is 11.5 Å². The summed E-state index contributed by atoms with van der Waals surface area (Å²) in [5, 5.41) is 6.48. The number of benzene rings is 1. The molecule has 2 aromatic rings. The minimum Gasteiger partial charge on any atom is -0.368 e. The van der Waals surface area contributed by atoms with Crippen LogP contribution in [0, 0.1) is 5.82 Å². The molecule has 1 unspecified atom stereocenters. The Morgan fingerprint density at radius 1 is 1.38 bits per heavy atom. The van der Waals surface area contributed by atoms with E-state index >= 15 is 0 Å². The van der Waals surface area contributed by atoms with Crippen molar-refractivity contribution in [1.29, 1.82) is 0 Å². The first-order valence-corrected chi connectivity index (χ1v) is 6.70. The Morgan fingerprint density at radius 2 is 2.19 bits per heavy atom.